The summed E-state index contributed by atoms with van der Waals surface area (Å²) >= 11 is 0.940. The maximum atomic E-state index is 12.5. The molecular weight excluding hydrogens is 412 g/mol. The van der Waals surface area contributed by atoms with Crippen LogP contribution in [0.3, 0.4) is 0 Å². The maximum absolute atomic E-state index is 12.5. The molecule has 1 aromatic heterocycles. The summed E-state index contributed by atoms with van der Waals surface area (Å²) in [6.45, 7) is 0. The van der Waals surface area contributed by atoms with Crippen LogP contribution in [-0.2, 0) is 11.2 Å². The van der Waals surface area contributed by atoms with Crippen molar-refractivity contribution in [2.75, 3.05) is 5.32 Å². The first-order chi connectivity index (χ1) is 14.3. The Kier molecular flexibility index (Phi) is 4.92. The molecule has 0 aliphatic carbocycles. The summed E-state index contributed by atoms with van der Waals surface area (Å²) in [4.78, 5) is 47.5. The molecule has 3 aromatic rings. The molecule has 0 spiro atoms. The van der Waals surface area contributed by atoms with Gasteiger partial charge in [-0.05, 0) is 30.2 Å². The van der Waals surface area contributed by atoms with E-state index in [0.29, 0.717) is 12.1 Å². The number of imide groups is 1. The van der Waals surface area contributed by atoms with E-state index in [1.165, 1.54) is 0 Å². The fourth-order valence-electron chi connectivity index (χ4n) is 2.95. The van der Waals surface area contributed by atoms with Crippen molar-refractivity contribution in [3.8, 4) is 11.5 Å². The lowest BCUT2D eigenvalue weighted by Gasteiger charge is -2.08. The second-order valence-electron chi connectivity index (χ2n) is 6.55. The number of nitrogens with one attached hydrogen (secondary N) is 2. The molecule has 0 radical (unpaired) electrons. The number of rotatable bonds is 4. The number of thioether (sulfide) groups is 1. The zero-order chi connectivity index (χ0) is 21.4. The predicted octanol–water partition coefficient (Wildman–Crippen LogP) is 2.35. The third-order valence-electron chi connectivity index (χ3n) is 4.45. The monoisotopic (exact) mass is 426 g/mol. The van der Waals surface area contributed by atoms with Gasteiger partial charge in [0.25, 0.3) is 11.1 Å². The van der Waals surface area contributed by atoms with E-state index in [0.717, 1.165) is 35.5 Å². The van der Waals surface area contributed by atoms with Crippen LogP contribution < -0.4 is 16.1 Å². The third-order valence-corrected chi connectivity index (χ3v) is 5.43. The van der Waals surface area contributed by atoms with Crippen LogP contribution in [-0.4, -0.2) is 32.5 Å². The number of fused-ring (bicyclic) bond motifs is 1. The second kappa shape index (κ2) is 7.56. The summed E-state index contributed by atoms with van der Waals surface area (Å²) in [5, 5.41) is 23.1. The Morgan fingerprint density at radius 2 is 1.77 bits per heavy atom. The summed E-state index contributed by atoms with van der Waals surface area (Å²) in [5.41, 5.74) is 0.650. The van der Waals surface area contributed by atoms with E-state index >= 15 is 0 Å². The smallest absolute Gasteiger partial charge is 0.291 e. The quantitative estimate of drug-likeness (QED) is 0.465. The van der Waals surface area contributed by atoms with Gasteiger partial charge in [-0.3, -0.25) is 24.5 Å². The van der Waals surface area contributed by atoms with E-state index in [1.807, 2.05) is 0 Å². The largest absolute Gasteiger partial charge is 0.504 e. The van der Waals surface area contributed by atoms with Gasteiger partial charge in [-0.25, -0.2) is 0 Å². The van der Waals surface area contributed by atoms with Crippen molar-refractivity contribution in [2.24, 2.45) is 0 Å². The van der Waals surface area contributed by atoms with Gasteiger partial charge in [-0.15, -0.1) is 0 Å². The highest BCUT2D eigenvalue weighted by Crippen LogP contribution is 2.29. The molecule has 0 saturated carbocycles. The van der Waals surface area contributed by atoms with Crippen molar-refractivity contribution in [3.63, 3.8) is 0 Å². The summed E-state index contributed by atoms with van der Waals surface area (Å²) in [7, 11) is 0. The molecule has 1 unspecified atom stereocenters. The number of amides is 3. The van der Waals surface area contributed by atoms with Crippen molar-refractivity contribution in [1.29, 1.82) is 0 Å². The molecule has 1 atom stereocenters. The van der Waals surface area contributed by atoms with Crippen LogP contribution in [0.2, 0.25) is 0 Å². The van der Waals surface area contributed by atoms with E-state index in [2.05, 4.69) is 10.6 Å². The van der Waals surface area contributed by atoms with Crippen LogP contribution in [0.1, 0.15) is 16.1 Å². The van der Waals surface area contributed by atoms with Gasteiger partial charge in [-0.2, -0.15) is 0 Å². The van der Waals surface area contributed by atoms with E-state index in [9.17, 15) is 29.4 Å². The molecule has 1 fully saturated rings. The summed E-state index contributed by atoms with van der Waals surface area (Å²) < 4.78 is 5.38. The number of carbonyl (C=O) groups is 3. The fourth-order valence-corrected chi connectivity index (χ4v) is 3.81. The Bertz CT molecular complexity index is 1250. The van der Waals surface area contributed by atoms with Gasteiger partial charge in [0.05, 0.1) is 10.6 Å². The molecule has 30 heavy (non-hydrogen) atoms. The Morgan fingerprint density at radius 1 is 1.07 bits per heavy atom. The zero-order valence-corrected chi connectivity index (χ0v) is 16.0. The van der Waals surface area contributed by atoms with E-state index in [1.54, 1.807) is 24.3 Å². The van der Waals surface area contributed by atoms with Crippen molar-refractivity contribution < 1.29 is 29.0 Å². The first-order valence-electron chi connectivity index (χ1n) is 8.72. The number of hydrogen-bond acceptors (Lipinski definition) is 8. The molecule has 10 heteroatoms. The summed E-state index contributed by atoms with van der Waals surface area (Å²) in [5.74, 6) is -2.21. The van der Waals surface area contributed by atoms with E-state index < -0.39 is 28.1 Å². The van der Waals surface area contributed by atoms with Gasteiger partial charge in [0.1, 0.15) is 5.58 Å². The van der Waals surface area contributed by atoms with Crippen molar-refractivity contribution in [2.45, 2.75) is 11.7 Å². The lowest BCUT2D eigenvalue weighted by atomic mass is 10.1. The molecule has 9 nitrogen and oxygen atoms in total. The maximum Gasteiger partial charge on any atom is 0.291 e. The van der Waals surface area contributed by atoms with Crippen molar-refractivity contribution in [1.82, 2.24) is 5.32 Å². The van der Waals surface area contributed by atoms with Gasteiger partial charge < -0.3 is 19.9 Å². The van der Waals surface area contributed by atoms with Crippen LogP contribution in [0.4, 0.5) is 10.5 Å². The Labute approximate surface area is 172 Å². The number of phenolic OH excluding ortho intramolecular Hbond substituents is 2. The summed E-state index contributed by atoms with van der Waals surface area (Å²) in [6.07, 6.45) is 0.367. The van der Waals surface area contributed by atoms with Gasteiger partial charge in [0.2, 0.25) is 5.91 Å². The predicted molar refractivity (Wildman–Crippen MR) is 109 cm³/mol. The highest BCUT2D eigenvalue weighted by Gasteiger charge is 2.31. The number of phenols is 2. The molecule has 4 N–H and O–H groups in total. The normalized spacial score (nSPS) is 15.9. The minimum absolute atomic E-state index is 0.0264. The van der Waals surface area contributed by atoms with Gasteiger partial charge in [0.15, 0.2) is 22.7 Å². The molecule has 3 amide bonds. The molecule has 4 rings (SSSR count). The molecule has 1 aliphatic rings. The van der Waals surface area contributed by atoms with Crippen LogP contribution in [0.5, 0.6) is 11.5 Å². The third kappa shape index (κ3) is 3.85. The average molecular weight is 426 g/mol. The first kappa shape index (κ1) is 19.5. The highest BCUT2D eigenvalue weighted by molar-refractivity contribution is 8.15. The minimum atomic E-state index is -0.675. The number of benzene rings is 2. The lowest BCUT2D eigenvalue weighted by molar-refractivity contribution is -0.118. The highest BCUT2D eigenvalue weighted by atomic mass is 32.2. The van der Waals surface area contributed by atoms with Crippen LogP contribution in [0.15, 0.2) is 51.7 Å². The number of hydrogen-bond donors (Lipinski definition) is 4. The van der Waals surface area contributed by atoms with Crippen LogP contribution >= 0.6 is 11.8 Å². The minimum Gasteiger partial charge on any atom is -0.504 e. The first-order valence-corrected chi connectivity index (χ1v) is 9.60. The zero-order valence-electron chi connectivity index (χ0n) is 15.2. The molecule has 1 aliphatic heterocycles. The Hall–Kier alpha value is -3.79. The molecular formula is C20H14N2O7S. The molecule has 0 bridgehead atoms. The SMILES string of the molecule is O=C1NC(=O)C(Cc2ccc(NC(=O)c3cc(=O)c4cc(O)c(O)cc4o3)cc2)S1. The average Bonchev–Trinajstić information content (AvgIpc) is 3.01. The fraction of sp³-hybridized carbons (Fsp3) is 0.100. The Morgan fingerprint density at radius 3 is 2.43 bits per heavy atom. The topological polar surface area (TPSA) is 146 Å². The van der Waals surface area contributed by atoms with Gasteiger partial charge in [-0.1, -0.05) is 23.9 Å². The Balaban J connectivity index is 1.50. The van der Waals surface area contributed by atoms with Crippen LogP contribution in [0.25, 0.3) is 11.0 Å². The molecule has 152 valence electrons. The van der Waals surface area contributed by atoms with Gasteiger partial charge in [0, 0.05) is 17.8 Å². The molecule has 2 heterocycles. The number of carbonyl (C=O) groups excluding carboxylic acids is 3. The molecule has 2 aromatic carbocycles. The molecule has 1 saturated heterocycles. The summed E-state index contributed by atoms with van der Waals surface area (Å²) in [6, 6.07) is 9.78. The van der Waals surface area contributed by atoms with Crippen LogP contribution in [0, 0.1) is 0 Å². The lowest BCUT2D eigenvalue weighted by Crippen LogP contribution is -2.25. The van der Waals surface area contributed by atoms with Crippen molar-refractivity contribution >= 4 is 45.5 Å². The van der Waals surface area contributed by atoms with Gasteiger partial charge >= 0.3 is 0 Å². The van der Waals surface area contributed by atoms with E-state index in [4.69, 9.17) is 4.42 Å². The van der Waals surface area contributed by atoms with Crippen molar-refractivity contribution in [3.05, 3.63) is 64.0 Å². The second-order valence-corrected chi connectivity index (χ2v) is 7.73. The number of aromatic hydroxyl groups is 2. The number of anilines is 1. The standard InChI is InChI=1S/C20H14N2O7S/c23-12-7-16(29-15-8-14(25)13(24)6-11(12)15)18(26)21-10-3-1-9(2-4-10)5-17-19(27)22-20(28)30-17/h1-4,6-8,17,24-25H,5H2,(H,21,26)(H,22,27,28). The van der Waals surface area contributed by atoms with E-state index in [-0.39, 0.29) is 27.9 Å².